The van der Waals surface area contributed by atoms with E-state index in [1.165, 1.54) is 9.58 Å². The van der Waals surface area contributed by atoms with Crippen LogP contribution in [0, 0.1) is 0 Å². The van der Waals surface area contributed by atoms with Gasteiger partial charge in [0.1, 0.15) is 18.1 Å². The van der Waals surface area contributed by atoms with E-state index in [0.29, 0.717) is 34.3 Å². The van der Waals surface area contributed by atoms with Gasteiger partial charge in [-0.3, -0.25) is 19.5 Å². The van der Waals surface area contributed by atoms with Gasteiger partial charge in [0.25, 0.3) is 0 Å². The summed E-state index contributed by atoms with van der Waals surface area (Å²) in [6.45, 7) is 7.64. The normalized spacial score (nSPS) is 12.1. The van der Waals surface area contributed by atoms with Crippen LogP contribution in [0.1, 0.15) is 56.1 Å². The smallest absolute Gasteiger partial charge is 0.338 e. The largest absolute Gasteiger partial charge is 0.462 e. The highest BCUT2D eigenvalue weighted by atomic mass is 16.5. The van der Waals surface area contributed by atoms with E-state index in [9.17, 15) is 14.4 Å². The Morgan fingerprint density at radius 3 is 2.44 bits per heavy atom. The lowest BCUT2D eigenvalue weighted by molar-refractivity contribution is -0.128. The molecule has 1 atom stereocenters. The highest BCUT2D eigenvalue weighted by molar-refractivity contribution is 6.02. The summed E-state index contributed by atoms with van der Waals surface area (Å²) in [7, 11) is 0. The summed E-state index contributed by atoms with van der Waals surface area (Å²) in [5.74, 6) is -1.23. The lowest BCUT2D eigenvalue weighted by Gasteiger charge is -2.34. The molecular formula is C29H32N6O4. The number of carbonyl (C=O) groups excluding carboxylic acids is 3. The number of carbonyl (C=O) groups is 3. The summed E-state index contributed by atoms with van der Waals surface area (Å²) >= 11 is 0. The zero-order chi connectivity index (χ0) is 28.0. The predicted octanol–water partition coefficient (Wildman–Crippen LogP) is 4.08. The number of fused-ring (bicyclic) bond motifs is 1. The van der Waals surface area contributed by atoms with E-state index < -0.39 is 23.5 Å². The maximum Gasteiger partial charge on any atom is 0.338 e. The fraction of sp³-hybridized carbons (Fsp3) is 0.310. The number of ether oxygens (including phenoxy) is 1. The van der Waals surface area contributed by atoms with E-state index in [-0.39, 0.29) is 19.1 Å². The van der Waals surface area contributed by atoms with Gasteiger partial charge in [-0.15, -0.1) is 5.10 Å². The Bertz CT molecular complexity index is 1450. The molecule has 4 rings (SSSR count). The third-order valence-corrected chi connectivity index (χ3v) is 6.48. The van der Waals surface area contributed by atoms with Gasteiger partial charge in [0.05, 0.1) is 17.7 Å². The van der Waals surface area contributed by atoms with Crippen LogP contribution in [0.5, 0.6) is 0 Å². The van der Waals surface area contributed by atoms with Gasteiger partial charge in [-0.2, -0.15) is 0 Å². The number of nitrogens with zero attached hydrogens (tertiary/aromatic N) is 5. The summed E-state index contributed by atoms with van der Waals surface area (Å²) in [5, 5.41) is 11.4. The first-order valence-corrected chi connectivity index (χ1v) is 12.8. The van der Waals surface area contributed by atoms with Crippen molar-refractivity contribution < 1.29 is 19.1 Å². The first-order chi connectivity index (χ1) is 18.7. The first kappa shape index (κ1) is 27.4. The van der Waals surface area contributed by atoms with Gasteiger partial charge in [-0.1, -0.05) is 30.3 Å². The zero-order valence-corrected chi connectivity index (χ0v) is 22.5. The zero-order valence-electron chi connectivity index (χ0n) is 22.5. The number of pyridine rings is 1. The van der Waals surface area contributed by atoms with Gasteiger partial charge in [0, 0.05) is 29.2 Å². The molecule has 10 nitrogen and oxygen atoms in total. The molecule has 2 aromatic carbocycles. The molecule has 0 unspecified atom stereocenters. The minimum Gasteiger partial charge on any atom is -0.462 e. The van der Waals surface area contributed by atoms with Gasteiger partial charge < -0.3 is 10.1 Å². The summed E-state index contributed by atoms with van der Waals surface area (Å²) < 4.78 is 6.60. The van der Waals surface area contributed by atoms with Crippen LogP contribution in [0.3, 0.4) is 0 Å². The SMILES string of the molecule is CCOC(=O)c1ccc(N(C(=O)Cn2nnc3ccccc32)[C@@H](C(=O)NC(C)(C)CC)c2cccnc2)cc1. The van der Waals surface area contributed by atoms with Crippen LogP contribution in [0.2, 0.25) is 0 Å². The molecule has 0 aliphatic heterocycles. The quantitative estimate of drug-likeness (QED) is 0.308. The average Bonchev–Trinajstić information content (AvgIpc) is 3.34. The number of anilines is 1. The first-order valence-electron chi connectivity index (χ1n) is 12.8. The van der Waals surface area contributed by atoms with Gasteiger partial charge >= 0.3 is 5.97 Å². The second-order valence-electron chi connectivity index (χ2n) is 9.68. The summed E-state index contributed by atoms with van der Waals surface area (Å²) in [4.78, 5) is 45.8. The molecule has 10 heteroatoms. The number of hydrogen-bond donors (Lipinski definition) is 1. The second-order valence-corrected chi connectivity index (χ2v) is 9.68. The Balaban J connectivity index is 1.80. The lowest BCUT2D eigenvalue weighted by atomic mass is 9.99. The van der Waals surface area contributed by atoms with Crippen LogP contribution in [0.15, 0.2) is 73.1 Å². The third-order valence-electron chi connectivity index (χ3n) is 6.48. The van der Waals surface area contributed by atoms with Crippen molar-refractivity contribution in [2.24, 2.45) is 0 Å². The van der Waals surface area contributed by atoms with E-state index in [2.05, 4.69) is 20.6 Å². The topological polar surface area (TPSA) is 119 Å². The molecule has 0 saturated heterocycles. The monoisotopic (exact) mass is 528 g/mol. The van der Waals surface area contributed by atoms with Gasteiger partial charge in [0.15, 0.2) is 0 Å². The highest BCUT2D eigenvalue weighted by Crippen LogP contribution is 2.30. The van der Waals surface area contributed by atoms with Crippen LogP contribution < -0.4 is 10.2 Å². The van der Waals surface area contributed by atoms with E-state index in [4.69, 9.17) is 4.74 Å². The van der Waals surface area contributed by atoms with E-state index >= 15 is 0 Å². The molecule has 0 spiro atoms. The number of hydrogen-bond acceptors (Lipinski definition) is 7. The number of nitrogens with one attached hydrogen (secondary N) is 1. The minimum absolute atomic E-state index is 0.165. The predicted molar refractivity (Wildman–Crippen MR) is 147 cm³/mol. The lowest BCUT2D eigenvalue weighted by Crippen LogP contribution is -2.51. The van der Waals surface area contributed by atoms with Crippen LogP contribution in [0.4, 0.5) is 5.69 Å². The molecule has 0 aliphatic carbocycles. The Morgan fingerprint density at radius 2 is 1.77 bits per heavy atom. The average molecular weight is 529 g/mol. The maximum absolute atomic E-state index is 14.1. The van der Waals surface area contributed by atoms with Gasteiger partial charge in [-0.05, 0) is 69.7 Å². The van der Waals surface area contributed by atoms with Crippen molar-refractivity contribution in [1.29, 1.82) is 0 Å². The molecule has 0 radical (unpaired) electrons. The summed E-state index contributed by atoms with van der Waals surface area (Å²) in [6, 6.07) is 16.2. The number of amides is 2. The molecule has 0 fully saturated rings. The molecular weight excluding hydrogens is 496 g/mol. The molecule has 0 aliphatic rings. The van der Waals surface area contributed by atoms with Crippen molar-refractivity contribution in [3.8, 4) is 0 Å². The molecule has 2 heterocycles. The van der Waals surface area contributed by atoms with Gasteiger partial charge in [0.2, 0.25) is 11.8 Å². The Labute approximate surface area is 227 Å². The van der Waals surface area contributed by atoms with Crippen molar-refractivity contribution >= 4 is 34.5 Å². The van der Waals surface area contributed by atoms with E-state index in [1.807, 2.05) is 45.0 Å². The summed E-state index contributed by atoms with van der Waals surface area (Å²) in [5.41, 5.74) is 2.14. The fourth-order valence-corrected chi connectivity index (χ4v) is 4.09. The van der Waals surface area contributed by atoms with Crippen molar-refractivity contribution in [2.75, 3.05) is 11.5 Å². The number of para-hydroxylation sites is 1. The number of aromatic nitrogens is 4. The highest BCUT2D eigenvalue weighted by Gasteiger charge is 2.35. The fourth-order valence-electron chi connectivity index (χ4n) is 4.09. The van der Waals surface area contributed by atoms with Crippen molar-refractivity contribution in [2.45, 2.75) is 52.2 Å². The van der Waals surface area contributed by atoms with Crippen LogP contribution >= 0.6 is 0 Å². The third kappa shape index (κ3) is 6.28. The van der Waals surface area contributed by atoms with Crippen LogP contribution in [0.25, 0.3) is 11.0 Å². The van der Waals surface area contributed by atoms with Crippen molar-refractivity contribution in [3.05, 3.63) is 84.2 Å². The van der Waals surface area contributed by atoms with Crippen LogP contribution in [-0.2, 0) is 20.9 Å². The summed E-state index contributed by atoms with van der Waals surface area (Å²) in [6.07, 6.45) is 3.86. The number of esters is 1. The second kappa shape index (κ2) is 11.8. The Hall–Kier alpha value is -4.60. The Kier molecular flexibility index (Phi) is 8.33. The Morgan fingerprint density at radius 1 is 1.03 bits per heavy atom. The maximum atomic E-state index is 14.1. The molecule has 1 N–H and O–H groups in total. The molecule has 0 bridgehead atoms. The molecule has 39 heavy (non-hydrogen) atoms. The van der Waals surface area contributed by atoms with Gasteiger partial charge in [-0.25, -0.2) is 9.48 Å². The molecule has 2 aromatic heterocycles. The van der Waals surface area contributed by atoms with Crippen molar-refractivity contribution in [3.63, 3.8) is 0 Å². The van der Waals surface area contributed by atoms with E-state index in [1.54, 1.807) is 55.7 Å². The number of benzene rings is 2. The molecule has 4 aromatic rings. The van der Waals surface area contributed by atoms with E-state index in [0.717, 1.165) is 0 Å². The molecule has 202 valence electrons. The van der Waals surface area contributed by atoms with Crippen LogP contribution in [-0.4, -0.2) is 49.9 Å². The molecule has 0 saturated carbocycles. The van der Waals surface area contributed by atoms with Crippen molar-refractivity contribution in [1.82, 2.24) is 25.3 Å². The number of rotatable bonds is 10. The molecule has 2 amide bonds. The standard InChI is InChI=1S/C29H32N6O4/c1-5-29(3,4)31-27(37)26(21-10-9-17-30-18-21)35(22-15-13-20(14-16-22)28(38)39-6-2)25(36)19-34-24-12-8-7-11-23(24)32-33-34/h7-18,26H,5-6,19H2,1-4H3,(H,31,37)/t26-/m1/s1. The minimum atomic E-state index is -1.04.